The average molecular weight is 484 g/mol. The Hall–Kier alpha value is -3.95. The summed E-state index contributed by atoms with van der Waals surface area (Å²) in [4.78, 5) is 49.2. The van der Waals surface area contributed by atoms with Crippen molar-refractivity contribution in [2.24, 2.45) is 0 Å². The molecule has 35 heavy (non-hydrogen) atoms. The molecule has 1 aliphatic heterocycles. The fourth-order valence-corrected chi connectivity index (χ4v) is 4.08. The molecule has 1 saturated heterocycles. The lowest BCUT2D eigenvalue weighted by molar-refractivity contribution is -0.384. The van der Waals surface area contributed by atoms with Gasteiger partial charge in [0.1, 0.15) is 5.75 Å². The molecule has 0 spiro atoms. The number of nitrogens with one attached hydrogen (secondary N) is 1. The second-order valence-electron chi connectivity index (χ2n) is 8.62. The average Bonchev–Trinajstić information content (AvgIpc) is 2.82. The number of nitrogens with zero attached hydrogens (tertiary/aromatic N) is 2. The van der Waals surface area contributed by atoms with Crippen LogP contribution in [0.15, 0.2) is 42.5 Å². The predicted molar refractivity (Wildman–Crippen MR) is 128 cm³/mol. The SMILES string of the molecule is Cc1ccc([N+](=O)[O-])cc1NC(=O)COC(=O)c1ccc(OCC(=O)N2C(C)CCCC2C)cc1. The number of hydrogen-bond donors (Lipinski definition) is 1. The van der Waals surface area contributed by atoms with E-state index in [9.17, 15) is 24.5 Å². The summed E-state index contributed by atoms with van der Waals surface area (Å²) in [6.45, 7) is 5.13. The molecule has 2 atom stereocenters. The van der Waals surface area contributed by atoms with Gasteiger partial charge in [-0.1, -0.05) is 6.07 Å². The Morgan fingerprint density at radius 1 is 1.06 bits per heavy atom. The molecule has 10 nitrogen and oxygen atoms in total. The molecule has 0 radical (unpaired) electrons. The molecular weight excluding hydrogens is 454 g/mol. The Morgan fingerprint density at radius 2 is 1.71 bits per heavy atom. The Balaban J connectivity index is 1.48. The fourth-order valence-electron chi connectivity index (χ4n) is 4.08. The highest BCUT2D eigenvalue weighted by molar-refractivity contribution is 5.96. The fraction of sp³-hybridized carbons (Fsp3) is 0.400. The number of piperidine rings is 1. The first kappa shape index (κ1) is 25.7. The Morgan fingerprint density at radius 3 is 2.34 bits per heavy atom. The minimum atomic E-state index is -0.713. The molecule has 2 aromatic rings. The molecule has 1 N–H and O–H groups in total. The van der Waals surface area contributed by atoms with Crippen LogP contribution in [0.1, 0.15) is 49.0 Å². The van der Waals surface area contributed by atoms with Crippen molar-refractivity contribution in [1.82, 2.24) is 4.90 Å². The van der Waals surface area contributed by atoms with E-state index in [1.54, 1.807) is 19.1 Å². The normalized spacial score (nSPS) is 17.4. The number of rotatable bonds is 8. The number of anilines is 1. The van der Waals surface area contributed by atoms with Crippen LogP contribution < -0.4 is 10.1 Å². The number of benzene rings is 2. The molecular formula is C25H29N3O7. The van der Waals surface area contributed by atoms with Gasteiger partial charge in [0.25, 0.3) is 17.5 Å². The summed E-state index contributed by atoms with van der Waals surface area (Å²) in [5.74, 6) is -0.972. The van der Waals surface area contributed by atoms with Crippen LogP contribution in [0.25, 0.3) is 0 Å². The molecule has 2 amide bonds. The molecule has 3 rings (SSSR count). The number of esters is 1. The lowest BCUT2D eigenvalue weighted by atomic mass is 9.97. The van der Waals surface area contributed by atoms with Gasteiger partial charge >= 0.3 is 5.97 Å². The van der Waals surface area contributed by atoms with Crippen molar-refractivity contribution in [2.45, 2.75) is 52.1 Å². The van der Waals surface area contributed by atoms with Crippen molar-refractivity contribution >= 4 is 29.2 Å². The smallest absolute Gasteiger partial charge is 0.338 e. The van der Waals surface area contributed by atoms with Gasteiger partial charge in [-0.3, -0.25) is 19.7 Å². The van der Waals surface area contributed by atoms with Crippen LogP contribution in [0, 0.1) is 17.0 Å². The summed E-state index contributed by atoms with van der Waals surface area (Å²) in [7, 11) is 0. The zero-order valence-corrected chi connectivity index (χ0v) is 20.0. The highest BCUT2D eigenvalue weighted by atomic mass is 16.6. The lowest BCUT2D eigenvalue weighted by Crippen LogP contribution is -2.49. The van der Waals surface area contributed by atoms with Gasteiger partial charge in [-0.05, 0) is 69.9 Å². The highest BCUT2D eigenvalue weighted by Crippen LogP contribution is 2.23. The first-order chi connectivity index (χ1) is 16.7. The molecule has 0 bridgehead atoms. The number of amides is 2. The van der Waals surface area contributed by atoms with Gasteiger partial charge in [0.05, 0.1) is 16.2 Å². The maximum absolute atomic E-state index is 12.6. The van der Waals surface area contributed by atoms with Gasteiger partial charge in [-0.2, -0.15) is 0 Å². The number of carbonyl (C=O) groups excluding carboxylic acids is 3. The van der Waals surface area contributed by atoms with E-state index in [0.29, 0.717) is 11.3 Å². The number of nitro groups is 1. The number of carbonyl (C=O) groups is 3. The van der Waals surface area contributed by atoms with Crippen LogP contribution in [0.4, 0.5) is 11.4 Å². The standard InChI is InChI=1S/C25H29N3O7/c1-16-7-10-20(28(32)33)13-22(16)26-23(29)14-35-25(31)19-8-11-21(12-9-19)34-15-24(30)27-17(2)5-4-6-18(27)3/h7-13,17-18H,4-6,14-15H2,1-3H3,(H,26,29). The number of likely N-dealkylation sites (tertiary alicyclic amines) is 1. The topological polar surface area (TPSA) is 128 Å². The molecule has 1 heterocycles. The van der Waals surface area contributed by atoms with Crippen LogP contribution in [-0.4, -0.2) is 52.9 Å². The Bertz CT molecular complexity index is 1090. The summed E-state index contributed by atoms with van der Waals surface area (Å²) in [5.41, 5.74) is 0.950. The Kier molecular flexibility index (Phi) is 8.40. The molecule has 186 valence electrons. The predicted octanol–water partition coefficient (Wildman–Crippen LogP) is 3.87. The number of non-ortho nitro benzene ring substituents is 1. The van der Waals surface area contributed by atoms with Crippen LogP contribution in [-0.2, 0) is 14.3 Å². The number of aryl methyl sites for hydroxylation is 1. The lowest BCUT2D eigenvalue weighted by Gasteiger charge is -2.38. The van der Waals surface area contributed by atoms with Crippen molar-refractivity contribution in [3.8, 4) is 5.75 Å². The van der Waals surface area contributed by atoms with Gasteiger partial charge in [0.2, 0.25) is 0 Å². The van der Waals surface area contributed by atoms with E-state index < -0.39 is 23.4 Å². The van der Waals surface area contributed by atoms with E-state index in [1.807, 2.05) is 18.7 Å². The second-order valence-corrected chi connectivity index (χ2v) is 8.62. The van der Waals surface area contributed by atoms with Gasteiger partial charge in [0.15, 0.2) is 13.2 Å². The first-order valence-electron chi connectivity index (χ1n) is 11.4. The van der Waals surface area contributed by atoms with Crippen LogP contribution in [0.2, 0.25) is 0 Å². The van der Waals surface area contributed by atoms with E-state index >= 15 is 0 Å². The highest BCUT2D eigenvalue weighted by Gasteiger charge is 2.29. The van der Waals surface area contributed by atoms with E-state index in [0.717, 1.165) is 19.3 Å². The third-order valence-electron chi connectivity index (χ3n) is 5.97. The number of nitro benzene ring substituents is 1. The third kappa shape index (κ3) is 6.78. The van der Waals surface area contributed by atoms with Crippen molar-refractivity contribution in [2.75, 3.05) is 18.5 Å². The molecule has 0 aliphatic carbocycles. The zero-order valence-electron chi connectivity index (χ0n) is 20.0. The number of hydrogen-bond acceptors (Lipinski definition) is 7. The molecule has 10 heteroatoms. The van der Waals surface area contributed by atoms with Gasteiger partial charge in [-0.25, -0.2) is 4.79 Å². The molecule has 0 saturated carbocycles. The van der Waals surface area contributed by atoms with Gasteiger partial charge < -0.3 is 19.7 Å². The van der Waals surface area contributed by atoms with E-state index in [1.165, 1.54) is 30.3 Å². The van der Waals surface area contributed by atoms with Crippen LogP contribution in [0.3, 0.4) is 0 Å². The van der Waals surface area contributed by atoms with Crippen LogP contribution in [0.5, 0.6) is 5.75 Å². The zero-order chi connectivity index (χ0) is 25.5. The summed E-state index contributed by atoms with van der Waals surface area (Å²) in [6.07, 6.45) is 3.08. The Labute approximate surface area is 203 Å². The van der Waals surface area contributed by atoms with E-state index in [4.69, 9.17) is 9.47 Å². The first-order valence-corrected chi connectivity index (χ1v) is 11.4. The molecule has 1 aliphatic rings. The van der Waals surface area contributed by atoms with Crippen molar-refractivity contribution in [3.63, 3.8) is 0 Å². The van der Waals surface area contributed by atoms with E-state index in [2.05, 4.69) is 5.32 Å². The van der Waals surface area contributed by atoms with Crippen LogP contribution >= 0.6 is 0 Å². The summed E-state index contributed by atoms with van der Waals surface area (Å²) >= 11 is 0. The summed E-state index contributed by atoms with van der Waals surface area (Å²) < 4.78 is 10.6. The molecule has 2 unspecified atom stereocenters. The van der Waals surface area contributed by atoms with E-state index in [-0.39, 0.29) is 41.5 Å². The summed E-state index contributed by atoms with van der Waals surface area (Å²) in [5, 5.41) is 13.4. The third-order valence-corrected chi connectivity index (χ3v) is 5.97. The van der Waals surface area contributed by atoms with Crippen molar-refractivity contribution in [1.29, 1.82) is 0 Å². The largest absolute Gasteiger partial charge is 0.484 e. The van der Waals surface area contributed by atoms with Crippen molar-refractivity contribution < 1.29 is 28.8 Å². The monoisotopic (exact) mass is 483 g/mol. The maximum atomic E-state index is 12.6. The molecule has 0 aromatic heterocycles. The minimum Gasteiger partial charge on any atom is -0.484 e. The molecule has 2 aromatic carbocycles. The quantitative estimate of drug-likeness (QED) is 0.343. The maximum Gasteiger partial charge on any atom is 0.338 e. The minimum absolute atomic E-state index is 0.0711. The second kappa shape index (κ2) is 11.5. The summed E-state index contributed by atoms with van der Waals surface area (Å²) in [6, 6.07) is 10.5. The van der Waals surface area contributed by atoms with Gasteiger partial charge in [0, 0.05) is 24.2 Å². The van der Waals surface area contributed by atoms with Crippen molar-refractivity contribution in [3.05, 3.63) is 63.7 Å². The van der Waals surface area contributed by atoms with Gasteiger partial charge in [-0.15, -0.1) is 0 Å². The molecule has 1 fully saturated rings. The number of ether oxygens (including phenoxy) is 2.